The molecule has 0 saturated heterocycles. The topological polar surface area (TPSA) is 47.3 Å². The van der Waals surface area contributed by atoms with Crippen molar-refractivity contribution >= 4 is 53.4 Å². The van der Waals surface area contributed by atoms with Gasteiger partial charge in [-0.2, -0.15) is 0 Å². The molecule has 0 unspecified atom stereocenters. The molecule has 0 aliphatic rings. The van der Waals surface area contributed by atoms with Crippen molar-refractivity contribution in [1.29, 1.82) is 0 Å². The molecule has 180 valence electrons. The maximum atomic E-state index is 12.8. The van der Waals surface area contributed by atoms with Crippen LogP contribution in [0.2, 0.25) is 0 Å². The van der Waals surface area contributed by atoms with E-state index in [2.05, 4.69) is 33.8 Å². The monoisotopic (exact) mass is 492 g/mol. The highest BCUT2D eigenvalue weighted by Gasteiger charge is 2.16. The zero-order valence-corrected chi connectivity index (χ0v) is 21.7. The molecule has 2 heterocycles. The van der Waals surface area contributed by atoms with Gasteiger partial charge in [0.25, 0.3) is 0 Å². The minimum Gasteiger partial charge on any atom is -0.456 e. The molecule has 6 rings (SSSR count). The average Bonchev–Trinajstić information content (AvgIpc) is 2.89. The first-order valence-corrected chi connectivity index (χ1v) is 13.1. The number of hydrogen-bond donors (Lipinski definition) is 0. The number of rotatable bonds is 2. The van der Waals surface area contributed by atoms with Gasteiger partial charge >= 0.3 is 0 Å². The van der Waals surface area contributed by atoms with Crippen molar-refractivity contribution < 1.29 is 4.42 Å². The van der Waals surface area contributed by atoms with Gasteiger partial charge in [-0.25, -0.2) is 0 Å². The van der Waals surface area contributed by atoms with E-state index >= 15 is 0 Å². The Bertz CT molecular complexity index is 1780. The highest BCUT2D eigenvalue weighted by molar-refractivity contribution is 7.24. The quantitative estimate of drug-likeness (QED) is 0.227. The molecule has 3 nitrogen and oxygen atoms in total. The van der Waals surface area contributed by atoms with E-state index in [1.807, 2.05) is 78.9 Å². The molecule has 0 atom stereocenters. The molecule has 36 heavy (non-hydrogen) atoms. The Labute approximate surface area is 213 Å². The Morgan fingerprint density at radius 1 is 0.611 bits per heavy atom. The minimum atomic E-state index is 0.0660. The molecule has 0 spiro atoms. The van der Waals surface area contributed by atoms with Gasteiger partial charge in [0.15, 0.2) is 5.43 Å². The largest absolute Gasteiger partial charge is 0.456 e. The van der Waals surface area contributed by atoms with Crippen molar-refractivity contribution in [3.05, 3.63) is 117 Å². The van der Waals surface area contributed by atoms with Gasteiger partial charge in [-0.1, -0.05) is 70.2 Å². The van der Waals surface area contributed by atoms with Gasteiger partial charge in [-0.05, 0) is 65.4 Å². The van der Waals surface area contributed by atoms with Gasteiger partial charge < -0.3 is 4.42 Å². The lowest BCUT2D eigenvalue weighted by Gasteiger charge is -2.14. The SMILES string of the molecule is CC(C)c1cc(C(C)C)c2oc3ccccc3c(=O)c2c1.O=c1c2ccccc2sc2ccccc12. The maximum absolute atomic E-state index is 12.8. The van der Waals surface area contributed by atoms with Crippen LogP contribution in [0.3, 0.4) is 0 Å². The molecular formula is C32H28O3S. The molecule has 6 aromatic rings. The van der Waals surface area contributed by atoms with Crippen molar-refractivity contribution in [2.24, 2.45) is 0 Å². The van der Waals surface area contributed by atoms with Gasteiger partial charge in [-0.3, -0.25) is 9.59 Å². The first-order valence-electron chi connectivity index (χ1n) is 12.2. The van der Waals surface area contributed by atoms with Gasteiger partial charge in [0.05, 0.1) is 10.8 Å². The van der Waals surface area contributed by atoms with Crippen molar-refractivity contribution in [1.82, 2.24) is 0 Å². The van der Waals surface area contributed by atoms with Crippen LogP contribution in [0.5, 0.6) is 0 Å². The van der Waals surface area contributed by atoms with Gasteiger partial charge in [0.2, 0.25) is 5.43 Å². The number of para-hydroxylation sites is 1. The standard InChI is InChI=1S/C19H20O2.C13H8OS/c1-11(2)13-9-15(12(3)4)19-16(10-13)18(20)14-7-5-6-8-17(14)21-19;14-13-9-5-1-3-7-11(9)15-12-8-4-2-6-10(12)13/h5-12H,1-4H3;1-8H. The first-order chi connectivity index (χ1) is 17.3. The Balaban J connectivity index is 0.000000156. The lowest BCUT2D eigenvalue weighted by Crippen LogP contribution is -2.06. The van der Waals surface area contributed by atoms with Gasteiger partial charge in [-0.15, -0.1) is 11.3 Å². The van der Waals surface area contributed by atoms with Crippen LogP contribution in [0.4, 0.5) is 0 Å². The summed E-state index contributed by atoms with van der Waals surface area (Å²) >= 11 is 1.67. The third-order valence-electron chi connectivity index (χ3n) is 6.50. The summed E-state index contributed by atoms with van der Waals surface area (Å²) < 4.78 is 8.17. The number of hydrogen-bond acceptors (Lipinski definition) is 4. The summed E-state index contributed by atoms with van der Waals surface area (Å²) in [5.74, 6) is 0.702. The van der Waals surface area contributed by atoms with Crippen LogP contribution < -0.4 is 10.9 Å². The van der Waals surface area contributed by atoms with Crippen LogP contribution in [-0.2, 0) is 0 Å². The summed E-state index contributed by atoms with van der Waals surface area (Å²) in [6, 6.07) is 27.1. The Hall–Kier alpha value is -3.76. The van der Waals surface area contributed by atoms with E-state index in [-0.39, 0.29) is 10.9 Å². The molecule has 4 heteroatoms. The highest BCUT2D eigenvalue weighted by atomic mass is 32.1. The van der Waals surface area contributed by atoms with Crippen LogP contribution >= 0.6 is 11.3 Å². The summed E-state index contributed by atoms with van der Waals surface area (Å²) in [4.78, 5) is 24.9. The fourth-order valence-electron chi connectivity index (χ4n) is 4.47. The minimum absolute atomic E-state index is 0.0660. The smallest absolute Gasteiger partial charge is 0.200 e. The summed E-state index contributed by atoms with van der Waals surface area (Å²) in [6.45, 7) is 8.56. The second-order valence-corrected chi connectivity index (χ2v) is 10.7. The highest BCUT2D eigenvalue weighted by Crippen LogP contribution is 2.30. The molecule has 0 fully saturated rings. The van der Waals surface area contributed by atoms with E-state index in [1.54, 1.807) is 11.3 Å². The van der Waals surface area contributed by atoms with Crippen molar-refractivity contribution in [2.45, 2.75) is 39.5 Å². The Morgan fingerprint density at radius 3 is 1.72 bits per heavy atom. The normalized spacial score (nSPS) is 11.5. The predicted octanol–water partition coefficient (Wildman–Crippen LogP) is 8.61. The molecule has 2 aromatic heterocycles. The first kappa shape index (κ1) is 24.0. The van der Waals surface area contributed by atoms with E-state index in [9.17, 15) is 9.59 Å². The lowest BCUT2D eigenvalue weighted by molar-refractivity contribution is 0.647. The predicted molar refractivity (Wildman–Crippen MR) is 154 cm³/mol. The van der Waals surface area contributed by atoms with Crippen LogP contribution in [0, 0.1) is 0 Å². The van der Waals surface area contributed by atoms with Crippen LogP contribution in [-0.4, -0.2) is 0 Å². The van der Waals surface area contributed by atoms with Crippen molar-refractivity contribution in [3.8, 4) is 0 Å². The second-order valence-electron chi connectivity index (χ2n) is 9.65. The molecule has 0 aliphatic heterocycles. The van der Waals surface area contributed by atoms with Crippen LogP contribution in [0.1, 0.15) is 50.7 Å². The van der Waals surface area contributed by atoms with E-state index in [4.69, 9.17) is 4.42 Å². The number of fused-ring (bicyclic) bond motifs is 4. The zero-order valence-electron chi connectivity index (χ0n) is 20.9. The summed E-state index contributed by atoms with van der Waals surface area (Å²) in [5.41, 5.74) is 3.90. The molecule has 0 radical (unpaired) electrons. The molecular weight excluding hydrogens is 464 g/mol. The molecule has 0 saturated carbocycles. The summed E-state index contributed by atoms with van der Waals surface area (Å²) in [6.07, 6.45) is 0. The van der Waals surface area contributed by atoms with Crippen molar-refractivity contribution in [3.63, 3.8) is 0 Å². The van der Waals surface area contributed by atoms with E-state index in [1.165, 1.54) is 5.56 Å². The molecule has 0 aliphatic carbocycles. The van der Waals surface area contributed by atoms with Crippen LogP contribution in [0.25, 0.3) is 42.1 Å². The number of benzene rings is 4. The van der Waals surface area contributed by atoms with E-state index in [0.717, 1.165) is 31.3 Å². The van der Waals surface area contributed by atoms with Gasteiger partial charge in [0.1, 0.15) is 11.2 Å². The van der Waals surface area contributed by atoms with Crippen molar-refractivity contribution in [2.75, 3.05) is 0 Å². The van der Waals surface area contributed by atoms with Gasteiger partial charge in [0, 0.05) is 20.2 Å². The average molecular weight is 493 g/mol. The lowest BCUT2D eigenvalue weighted by atomic mass is 9.93. The Kier molecular flexibility index (Phi) is 6.46. The third-order valence-corrected chi connectivity index (χ3v) is 7.65. The molecule has 4 aromatic carbocycles. The maximum Gasteiger partial charge on any atom is 0.200 e. The molecule has 0 bridgehead atoms. The molecule has 0 amide bonds. The fourth-order valence-corrected chi connectivity index (χ4v) is 5.54. The van der Waals surface area contributed by atoms with E-state index < -0.39 is 0 Å². The second kappa shape index (κ2) is 9.71. The summed E-state index contributed by atoms with van der Waals surface area (Å²) in [5, 5.41) is 2.99. The van der Waals surface area contributed by atoms with E-state index in [0.29, 0.717) is 28.2 Å². The third kappa shape index (κ3) is 4.33. The summed E-state index contributed by atoms with van der Waals surface area (Å²) in [7, 11) is 0. The van der Waals surface area contributed by atoms with Crippen LogP contribution in [0.15, 0.2) is 98.9 Å². The zero-order chi connectivity index (χ0) is 25.4. The fraction of sp³-hybridized carbons (Fsp3) is 0.188. The Morgan fingerprint density at radius 2 is 1.14 bits per heavy atom. The molecule has 0 N–H and O–H groups in total.